The maximum atomic E-state index is 12.9. The minimum Gasteiger partial charge on any atom is -0.464 e. The fourth-order valence-electron chi connectivity index (χ4n) is 3.14. The minimum atomic E-state index is -0.797. The lowest BCUT2D eigenvalue weighted by Gasteiger charge is -2.18. The molecule has 2 aromatic rings. The van der Waals surface area contributed by atoms with Crippen LogP contribution in [0.3, 0.4) is 0 Å². The molecule has 0 aliphatic carbocycles. The van der Waals surface area contributed by atoms with Crippen molar-refractivity contribution in [3.8, 4) is 11.1 Å². The summed E-state index contributed by atoms with van der Waals surface area (Å²) in [5.74, 6) is -2.45. The van der Waals surface area contributed by atoms with Crippen molar-refractivity contribution in [2.75, 3.05) is 7.11 Å². The number of hydrogen-bond donors (Lipinski definition) is 2. The number of esters is 1. The molecule has 1 aliphatic heterocycles. The molecule has 0 atom stereocenters. The number of nitrogens with zero attached hydrogens (tertiary/aromatic N) is 1. The van der Waals surface area contributed by atoms with E-state index < -0.39 is 17.8 Å². The quantitative estimate of drug-likeness (QED) is 0.560. The molecular formula is C22H19N3O5. The first-order chi connectivity index (χ1) is 14.2. The summed E-state index contributed by atoms with van der Waals surface area (Å²) in [5.41, 5.74) is 8.00. The number of rotatable bonds is 6. The fourth-order valence-corrected chi connectivity index (χ4v) is 3.14. The summed E-state index contributed by atoms with van der Waals surface area (Å²) in [4.78, 5) is 49.2. The van der Waals surface area contributed by atoms with Crippen LogP contribution in [0.15, 0.2) is 67.0 Å². The number of carbonyl (C=O) groups excluding carboxylic acids is 4. The Bertz CT molecular complexity index is 1100. The molecule has 0 spiro atoms. The summed E-state index contributed by atoms with van der Waals surface area (Å²) in [6.45, 7) is 7.24. The SMILES string of the molecule is C=C(NC(=O)C(=C)N1Cc2c(cccc2-c2ccc(C(N)=O)cc2)C1=O)C(=O)OC. The van der Waals surface area contributed by atoms with E-state index in [1.807, 2.05) is 6.07 Å². The molecule has 0 fully saturated rings. The summed E-state index contributed by atoms with van der Waals surface area (Å²) in [6, 6.07) is 11.9. The number of methoxy groups -OCH3 is 1. The van der Waals surface area contributed by atoms with Gasteiger partial charge >= 0.3 is 5.97 Å². The molecule has 8 nitrogen and oxygen atoms in total. The zero-order valence-electron chi connectivity index (χ0n) is 16.2. The van der Waals surface area contributed by atoms with Crippen LogP contribution in [-0.2, 0) is 20.9 Å². The van der Waals surface area contributed by atoms with E-state index >= 15 is 0 Å². The lowest BCUT2D eigenvalue weighted by atomic mass is 9.96. The van der Waals surface area contributed by atoms with Crippen LogP contribution in [0, 0.1) is 0 Å². The normalized spacial score (nSPS) is 12.2. The van der Waals surface area contributed by atoms with Crippen molar-refractivity contribution in [1.29, 1.82) is 0 Å². The van der Waals surface area contributed by atoms with Crippen molar-refractivity contribution in [2.45, 2.75) is 6.54 Å². The molecule has 152 valence electrons. The molecule has 0 aromatic heterocycles. The Morgan fingerprint density at radius 2 is 1.70 bits per heavy atom. The molecule has 0 saturated heterocycles. The predicted octanol–water partition coefficient (Wildman–Crippen LogP) is 1.72. The Balaban J connectivity index is 1.86. The summed E-state index contributed by atoms with van der Waals surface area (Å²) in [5, 5.41) is 2.27. The number of nitrogens with two attached hydrogens (primary N) is 1. The van der Waals surface area contributed by atoms with E-state index in [2.05, 4.69) is 23.2 Å². The summed E-state index contributed by atoms with van der Waals surface area (Å²) < 4.78 is 4.49. The van der Waals surface area contributed by atoms with Crippen LogP contribution in [-0.4, -0.2) is 35.7 Å². The number of nitrogens with one attached hydrogen (secondary N) is 1. The molecule has 30 heavy (non-hydrogen) atoms. The van der Waals surface area contributed by atoms with E-state index in [-0.39, 0.29) is 23.8 Å². The highest BCUT2D eigenvalue weighted by molar-refractivity contribution is 6.08. The highest BCUT2D eigenvalue weighted by atomic mass is 16.5. The van der Waals surface area contributed by atoms with Gasteiger partial charge in [-0.25, -0.2) is 4.79 Å². The summed E-state index contributed by atoms with van der Waals surface area (Å²) in [7, 11) is 1.16. The number of amides is 3. The smallest absolute Gasteiger partial charge is 0.353 e. The first kappa shape index (κ1) is 20.5. The Hall–Kier alpha value is -4.20. The van der Waals surface area contributed by atoms with Gasteiger partial charge in [0.05, 0.1) is 13.7 Å². The van der Waals surface area contributed by atoms with Gasteiger partial charge < -0.3 is 15.8 Å². The minimum absolute atomic E-state index is 0.124. The van der Waals surface area contributed by atoms with Crippen molar-refractivity contribution in [3.05, 3.63) is 83.7 Å². The van der Waals surface area contributed by atoms with Crippen LogP contribution in [0.1, 0.15) is 26.3 Å². The first-order valence-electron chi connectivity index (χ1n) is 8.86. The van der Waals surface area contributed by atoms with Gasteiger partial charge in [0.25, 0.3) is 11.8 Å². The van der Waals surface area contributed by atoms with Crippen LogP contribution in [0.4, 0.5) is 0 Å². The van der Waals surface area contributed by atoms with Crippen molar-refractivity contribution in [1.82, 2.24) is 10.2 Å². The molecule has 3 N–H and O–H groups in total. The molecule has 3 amide bonds. The highest BCUT2D eigenvalue weighted by Gasteiger charge is 2.33. The summed E-state index contributed by atoms with van der Waals surface area (Å²) in [6.07, 6.45) is 0. The zero-order chi connectivity index (χ0) is 22.0. The third-order valence-electron chi connectivity index (χ3n) is 4.73. The third-order valence-corrected chi connectivity index (χ3v) is 4.73. The van der Waals surface area contributed by atoms with Crippen LogP contribution < -0.4 is 11.1 Å². The summed E-state index contributed by atoms with van der Waals surface area (Å²) >= 11 is 0. The lowest BCUT2D eigenvalue weighted by molar-refractivity contribution is -0.137. The largest absolute Gasteiger partial charge is 0.464 e. The van der Waals surface area contributed by atoms with E-state index in [0.717, 1.165) is 23.8 Å². The molecule has 0 radical (unpaired) electrons. The van der Waals surface area contributed by atoms with Gasteiger partial charge in [0.1, 0.15) is 11.4 Å². The monoisotopic (exact) mass is 405 g/mol. The molecule has 0 unspecified atom stereocenters. The molecule has 1 heterocycles. The molecule has 8 heteroatoms. The van der Waals surface area contributed by atoms with Crippen molar-refractivity contribution >= 4 is 23.7 Å². The van der Waals surface area contributed by atoms with Gasteiger partial charge in [-0.15, -0.1) is 0 Å². The Kier molecular flexibility index (Phi) is 5.50. The second-order valence-electron chi connectivity index (χ2n) is 6.54. The molecular weight excluding hydrogens is 386 g/mol. The van der Waals surface area contributed by atoms with Gasteiger partial charge in [0.15, 0.2) is 0 Å². The van der Waals surface area contributed by atoms with E-state index in [1.54, 1.807) is 36.4 Å². The second kappa shape index (κ2) is 8.04. The number of benzene rings is 2. The second-order valence-corrected chi connectivity index (χ2v) is 6.54. The molecule has 1 aliphatic rings. The Labute approximate surface area is 172 Å². The molecule has 2 aromatic carbocycles. The van der Waals surface area contributed by atoms with Crippen LogP contribution in [0.25, 0.3) is 11.1 Å². The van der Waals surface area contributed by atoms with Crippen LogP contribution in [0.2, 0.25) is 0 Å². The Morgan fingerprint density at radius 1 is 1.07 bits per heavy atom. The highest BCUT2D eigenvalue weighted by Crippen LogP contribution is 2.34. The third kappa shape index (κ3) is 3.70. The van der Waals surface area contributed by atoms with Gasteiger partial charge in [-0.1, -0.05) is 37.4 Å². The van der Waals surface area contributed by atoms with Gasteiger partial charge in [0, 0.05) is 11.1 Å². The number of hydrogen-bond acceptors (Lipinski definition) is 5. The van der Waals surface area contributed by atoms with E-state index in [9.17, 15) is 19.2 Å². The van der Waals surface area contributed by atoms with Crippen molar-refractivity contribution in [3.63, 3.8) is 0 Å². The van der Waals surface area contributed by atoms with Gasteiger partial charge in [-0.3, -0.25) is 19.3 Å². The number of primary amides is 1. The molecule has 0 bridgehead atoms. The maximum Gasteiger partial charge on any atom is 0.353 e. The van der Waals surface area contributed by atoms with Crippen LogP contribution in [0.5, 0.6) is 0 Å². The zero-order valence-corrected chi connectivity index (χ0v) is 16.2. The van der Waals surface area contributed by atoms with Crippen LogP contribution >= 0.6 is 0 Å². The topological polar surface area (TPSA) is 119 Å². The predicted molar refractivity (Wildman–Crippen MR) is 109 cm³/mol. The fraction of sp³-hybridized carbons (Fsp3) is 0.0909. The molecule has 3 rings (SSSR count). The number of ether oxygens (including phenoxy) is 1. The number of carbonyl (C=O) groups is 4. The molecule has 0 saturated carbocycles. The average Bonchev–Trinajstić information content (AvgIpc) is 3.09. The number of fused-ring (bicyclic) bond motifs is 1. The van der Waals surface area contributed by atoms with Gasteiger partial charge in [-0.2, -0.15) is 0 Å². The van der Waals surface area contributed by atoms with E-state index in [1.165, 1.54) is 4.90 Å². The van der Waals surface area contributed by atoms with Crippen molar-refractivity contribution in [2.24, 2.45) is 5.73 Å². The van der Waals surface area contributed by atoms with Gasteiger partial charge in [-0.05, 0) is 34.9 Å². The Morgan fingerprint density at radius 3 is 2.30 bits per heavy atom. The van der Waals surface area contributed by atoms with Gasteiger partial charge in [0.2, 0.25) is 5.91 Å². The van der Waals surface area contributed by atoms with E-state index in [4.69, 9.17) is 5.73 Å². The first-order valence-corrected chi connectivity index (χ1v) is 8.86. The standard InChI is InChI=1S/C22H19N3O5/c1-12(22(29)30-3)24-20(27)13(2)25-11-18-16(5-4-6-17(18)21(25)28)14-7-9-15(10-8-14)19(23)26/h4-10H,1-2,11H2,3H3,(H2,23,26)(H,24,27). The maximum absolute atomic E-state index is 12.9. The lowest BCUT2D eigenvalue weighted by Crippen LogP contribution is -2.36. The van der Waals surface area contributed by atoms with E-state index in [0.29, 0.717) is 11.1 Å². The van der Waals surface area contributed by atoms with Crippen molar-refractivity contribution < 1.29 is 23.9 Å². The average molecular weight is 405 g/mol.